The van der Waals surface area contributed by atoms with E-state index in [0.717, 1.165) is 11.8 Å². The lowest BCUT2D eigenvalue weighted by Gasteiger charge is -2.20. The molecule has 1 atom stereocenters. The third-order valence-corrected chi connectivity index (χ3v) is 5.08. The normalized spacial score (nSPS) is 12.1. The number of anilines is 1. The third kappa shape index (κ3) is 5.54. The van der Waals surface area contributed by atoms with Gasteiger partial charge < -0.3 is 10.4 Å². The Morgan fingerprint density at radius 3 is 2.53 bits per heavy atom. The van der Waals surface area contributed by atoms with Crippen molar-refractivity contribution in [2.24, 2.45) is 5.92 Å². The summed E-state index contributed by atoms with van der Waals surface area (Å²) in [7, 11) is 0. The molecule has 1 unspecified atom stereocenters. The van der Waals surface area contributed by atoms with Crippen molar-refractivity contribution in [1.82, 2.24) is 9.97 Å². The highest BCUT2D eigenvalue weighted by Crippen LogP contribution is 2.20. The second-order valence-corrected chi connectivity index (χ2v) is 8.03. The molecule has 0 saturated carbocycles. The van der Waals surface area contributed by atoms with Crippen LogP contribution in [0, 0.1) is 5.92 Å². The maximum Gasteiger partial charge on any atom is 0.335 e. The first-order valence-electron chi connectivity index (χ1n) is 9.87. The van der Waals surface area contributed by atoms with Gasteiger partial charge in [0.15, 0.2) is 11.4 Å². The quantitative estimate of drug-likeness (QED) is 0.468. The van der Waals surface area contributed by atoms with Gasteiger partial charge in [0.1, 0.15) is 11.0 Å². The fraction of sp³-hybridized carbons (Fsp3) is 0.304. The molecule has 0 saturated heterocycles. The van der Waals surface area contributed by atoms with Crippen molar-refractivity contribution in [1.29, 1.82) is 0 Å². The van der Waals surface area contributed by atoms with Crippen LogP contribution in [0.4, 0.5) is 5.82 Å². The lowest BCUT2D eigenvalue weighted by molar-refractivity contribution is -0.120. The number of benzene rings is 1. The van der Waals surface area contributed by atoms with Gasteiger partial charge in [0, 0.05) is 18.2 Å². The number of aromatic nitrogens is 2. The molecule has 0 aliphatic heterocycles. The van der Waals surface area contributed by atoms with Gasteiger partial charge in [-0.25, -0.2) is 14.8 Å². The summed E-state index contributed by atoms with van der Waals surface area (Å²) in [6.07, 6.45) is 1.42. The van der Waals surface area contributed by atoms with Gasteiger partial charge in [-0.15, -0.1) is 0 Å². The Balaban J connectivity index is 1.89. The molecule has 3 aromatic rings. The van der Waals surface area contributed by atoms with E-state index in [1.807, 2.05) is 12.1 Å². The summed E-state index contributed by atoms with van der Waals surface area (Å²) in [6.45, 7) is 4.13. The van der Waals surface area contributed by atoms with Crippen LogP contribution in [0.3, 0.4) is 0 Å². The van der Waals surface area contributed by atoms with E-state index in [4.69, 9.17) is 11.6 Å². The number of fused-ring (bicyclic) bond motifs is 1. The molecule has 2 heterocycles. The predicted molar refractivity (Wildman–Crippen MR) is 118 cm³/mol. The number of ketones is 1. The van der Waals surface area contributed by atoms with Gasteiger partial charge in [-0.3, -0.25) is 4.79 Å². The molecule has 0 bridgehead atoms. The number of carbonyl (C=O) groups excluding carboxylic acids is 1. The smallest absolute Gasteiger partial charge is 0.335 e. The number of carboxylic acids is 1. The van der Waals surface area contributed by atoms with Crippen molar-refractivity contribution < 1.29 is 14.7 Å². The van der Waals surface area contributed by atoms with Crippen LogP contribution in [-0.4, -0.2) is 32.9 Å². The summed E-state index contributed by atoms with van der Waals surface area (Å²) < 4.78 is 0. The van der Waals surface area contributed by atoms with E-state index in [-0.39, 0.29) is 17.8 Å². The number of halogens is 1. The average Bonchev–Trinajstić information content (AvgIpc) is 2.71. The molecule has 0 fully saturated rings. The number of hydrogen-bond donors (Lipinski definition) is 2. The summed E-state index contributed by atoms with van der Waals surface area (Å²) in [5.41, 5.74) is 1.27. The molecule has 3 rings (SSSR count). The first kappa shape index (κ1) is 21.7. The Bertz CT molecular complexity index is 1070. The van der Waals surface area contributed by atoms with Crippen molar-refractivity contribution in [3.05, 3.63) is 64.8 Å². The highest BCUT2D eigenvalue weighted by molar-refractivity contribution is 6.29. The zero-order chi connectivity index (χ0) is 21.7. The van der Waals surface area contributed by atoms with Gasteiger partial charge in [-0.2, -0.15) is 0 Å². The Labute approximate surface area is 180 Å². The number of rotatable bonds is 9. The molecule has 6 nitrogen and oxygen atoms in total. The standard InChI is InChI=1S/C23H24ClN3O3/c1-14(2)7-10-19(28)18(13-16-5-3-4-6-17(16)23(29)30)25-21-12-9-15-8-11-20(24)26-22(15)27-21/h3-6,8-9,11-12,14,18H,7,10,13H2,1-2H3,(H,29,30)(H,25,26,27). The number of carbonyl (C=O) groups is 2. The molecule has 7 heteroatoms. The van der Waals surface area contributed by atoms with Crippen LogP contribution in [0.25, 0.3) is 11.0 Å². The Hall–Kier alpha value is -2.99. The summed E-state index contributed by atoms with van der Waals surface area (Å²) in [5, 5.41) is 13.9. The van der Waals surface area contributed by atoms with Gasteiger partial charge in [-0.05, 0) is 48.2 Å². The van der Waals surface area contributed by atoms with Crippen LogP contribution in [0.1, 0.15) is 42.6 Å². The molecule has 0 spiro atoms. The Morgan fingerprint density at radius 1 is 1.07 bits per heavy atom. The fourth-order valence-electron chi connectivity index (χ4n) is 3.21. The highest BCUT2D eigenvalue weighted by atomic mass is 35.5. The number of Topliss-reactive ketones (excluding diaryl/α,β-unsaturated/α-hetero) is 1. The Morgan fingerprint density at radius 2 is 1.80 bits per heavy atom. The lowest BCUT2D eigenvalue weighted by Crippen LogP contribution is -2.33. The summed E-state index contributed by atoms with van der Waals surface area (Å²) in [4.78, 5) is 33.3. The molecule has 30 heavy (non-hydrogen) atoms. The van der Waals surface area contributed by atoms with Crippen LogP contribution in [0.2, 0.25) is 5.15 Å². The summed E-state index contributed by atoms with van der Waals surface area (Å²) in [5.74, 6) is -0.106. The predicted octanol–water partition coefficient (Wildman–Crippen LogP) is 5.01. The molecule has 1 aromatic carbocycles. The number of carboxylic acid groups (broad SMARTS) is 1. The molecular formula is C23H24ClN3O3. The van der Waals surface area contributed by atoms with E-state index in [2.05, 4.69) is 29.1 Å². The number of nitrogens with zero attached hydrogens (tertiary/aromatic N) is 2. The fourth-order valence-corrected chi connectivity index (χ4v) is 3.36. The second kappa shape index (κ2) is 9.67. The van der Waals surface area contributed by atoms with Crippen molar-refractivity contribution >= 4 is 40.2 Å². The number of nitrogens with one attached hydrogen (secondary N) is 1. The lowest BCUT2D eigenvalue weighted by atomic mass is 9.94. The van der Waals surface area contributed by atoms with E-state index in [1.54, 1.807) is 36.4 Å². The molecule has 2 aromatic heterocycles. The third-order valence-electron chi connectivity index (χ3n) is 4.87. The maximum atomic E-state index is 13.0. The van der Waals surface area contributed by atoms with E-state index in [0.29, 0.717) is 34.5 Å². The first-order chi connectivity index (χ1) is 14.3. The first-order valence-corrected chi connectivity index (χ1v) is 10.2. The van der Waals surface area contributed by atoms with Gasteiger partial charge in [0.2, 0.25) is 0 Å². The monoisotopic (exact) mass is 425 g/mol. The van der Waals surface area contributed by atoms with Crippen molar-refractivity contribution in [3.63, 3.8) is 0 Å². The van der Waals surface area contributed by atoms with Crippen molar-refractivity contribution in [2.45, 2.75) is 39.2 Å². The van der Waals surface area contributed by atoms with E-state index >= 15 is 0 Å². The minimum absolute atomic E-state index is 0.0184. The summed E-state index contributed by atoms with van der Waals surface area (Å²) in [6, 6.07) is 13.3. The van der Waals surface area contributed by atoms with E-state index < -0.39 is 12.0 Å². The van der Waals surface area contributed by atoms with Crippen molar-refractivity contribution in [3.8, 4) is 0 Å². The average molecular weight is 426 g/mol. The topological polar surface area (TPSA) is 92.2 Å². The molecule has 0 amide bonds. The van der Waals surface area contributed by atoms with Crippen LogP contribution in [0.5, 0.6) is 0 Å². The Kier molecular flexibility index (Phi) is 7.00. The zero-order valence-corrected chi connectivity index (χ0v) is 17.7. The molecule has 156 valence electrons. The molecule has 0 aliphatic carbocycles. The molecule has 2 N–H and O–H groups in total. The molecular weight excluding hydrogens is 402 g/mol. The zero-order valence-electron chi connectivity index (χ0n) is 16.9. The van der Waals surface area contributed by atoms with Gasteiger partial charge in [-0.1, -0.05) is 43.6 Å². The van der Waals surface area contributed by atoms with Gasteiger partial charge in [0.05, 0.1) is 11.6 Å². The number of aromatic carboxylic acids is 1. The van der Waals surface area contributed by atoms with Crippen LogP contribution < -0.4 is 5.32 Å². The molecule has 0 aliphatic rings. The van der Waals surface area contributed by atoms with Gasteiger partial charge >= 0.3 is 5.97 Å². The van der Waals surface area contributed by atoms with Crippen LogP contribution in [-0.2, 0) is 11.2 Å². The van der Waals surface area contributed by atoms with E-state index in [9.17, 15) is 14.7 Å². The van der Waals surface area contributed by atoms with E-state index in [1.165, 1.54) is 0 Å². The van der Waals surface area contributed by atoms with Gasteiger partial charge in [0.25, 0.3) is 0 Å². The van der Waals surface area contributed by atoms with Crippen molar-refractivity contribution in [2.75, 3.05) is 5.32 Å². The minimum atomic E-state index is -1.01. The highest BCUT2D eigenvalue weighted by Gasteiger charge is 2.22. The second-order valence-electron chi connectivity index (χ2n) is 7.64. The maximum absolute atomic E-state index is 13.0. The minimum Gasteiger partial charge on any atom is -0.478 e. The largest absolute Gasteiger partial charge is 0.478 e. The molecule has 0 radical (unpaired) electrons. The summed E-state index contributed by atoms with van der Waals surface area (Å²) >= 11 is 5.97. The SMILES string of the molecule is CC(C)CCC(=O)C(Cc1ccccc1C(=O)O)Nc1ccc2ccc(Cl)nc2n1. The number of pyridine rings is 2. The van der Waals surface area contributed by atoms with Crippen LogP contribution in [0.15, 0.2) is 48.5 Å². The number of hydrogen-bond acceptors (Lipinski definition) is 5. The van der Waals surface area contributed by atoms with Crippen LogP contribution >= 0.6 is 11.6 Å².